The fourth-order valence-electron chi connectivity index (χ4n) is 4.08. The van der Waals surface area contributed by atoms with Gasteiger partial charge in [0.1, 0.15) is 0 Å². The van der Waals surface area contributed by atoms with Gasteiger partial charge in [0, 0.05) is 19.5 Å². The Kier molecular flexibility index (Phi) is 7.39. The number of esters is 1. The second-order valence-electron chi connectivity index (χ2n) is 9.08. The Labute approximate surface area is 190 Å². The number of hydrogen-bond donors (Lipinski definition) is 0. The second kappa shape index (κ2) is 9.70. The van der Waals surface area contributed by atoms with Crippen molar-refractivity contribution in [2.75, 3.05) is 13.1 Å². The van der Waals surface area contributed by atoms with Gasteiger partial charge in [0.05, 0.1) is 10.8 Å². The molecule has 1 saturated heterocycles. The van der Waals surface area contributed by atoms with Crippen LogP contribution < -0.4 is 0 Å². The summed E-state index contributed by atoms with van der Waals surface area (Å²) in [7, 11) is -3.63. The normalized spacial score (nSPS) is 16.0. The third-order valence-corrected chi connectivity index (χ3v) is 8.29. The maximum Gasteiger partial charge on any atom is 0.309 e. The highest BCUT2D eigenvalue weighted by molar-refractivity contribution is 7.89. The van der Waals surface area contributed by atoms with Crippen LogP contribution in [0.1, 0.15) is 60.7 Å². The zero-order valence-corrected chi connectivity index (χ0v) is 20.6. The monoisotopic (exact) mass is 463 g/mol. The van der Waals surface area contributed by atoms with E-state index in [-0.39, 0.29) is 37.5 Å². The number of aryl methyl sites for hydroxylation is 2. The van der Waals surface area contributed by atoms with Crippen LogP contribution in [0.2, 0.25) is 0 Å². The molecule has 0 aliphatic carbocycles. The molecule has 0 N–H and O–H groups in total. The van der Waals surface area contributed by atoms with E-state index in [2.05, 4.69) is 24.0 Å². The molecule has 32 heavy (non-hydrogen) atoms. The highest BCUT2D eigenvalue weighted by Gasteiger charge is 2.35. The highest BCUT2D eigenvalue weighted by Crippen LogP contribution is 2.31. The molecule has 1 aromatic heterocycles. The van der Waals surface area contributed by atoms with E-state index in [4.69, 9.17) is 9.26 Å². The molecule has 8 nitrogen and oxygen atoms in total. The summed E-state index contributed by atoms with van der Waals surface area (Å²) in [4.78, 5) is 17.1. The smallest absolute Gasteiger partial charge is 0.309 e. The number of carbonyl (C=O) groups is 1. The Hall–Kier alpha value is -2.26. The summed E-state index contributed by atoms with van der Waals surface area (Å²) >= 11 is 0. The number of hydrogen-bond acceptors (Lipinski definition) is 7. The molecule has 1 fully saturated rings. The van der Waals surface area contributed by atoms with Gasteiger partial charge in [-0.3, -0.25) is 4.79 Å². The Balaban J connectivity index is 1.60. The zero-order valence-electron chi connectivity index (χ0n) is 19.8. The Morgan fingerprint density at radius 3 is 2.31 bits per heavy atom. The minimum Gasteiger partial charge on any atom is -0.455 e. The van der Waals surface area contributed by atoms with Gasteiger partial charge in [-0.1, -0.05) is 25.1 Å². The predicted octanol–water partition coefficient (Wildman–Crippen LogP) is 3.65. The Morgan fingerprint density at radius 1 is 1.16 bits per heavy atom. The maximum absolute atomic E-state index is 13.4. The minimum atomic E-state index is -3.63. The molecule has 0 radical (unpaired) electrons. The predicted molar refractivity (Wildman–Crippen MR) is 120 cm³/mol. The lowest BCUT2D eigenvalue weighted by molar-refractivity contribution is -0.152. The minimum absolute atomic E-state index is 0.0661. The summed E-state index contributed by atoms with van der Waals surface area (Å²) in [5, 5.41) is 3.89. The van der Waals surface area contributed by atoms with E-state index in [0.29, 0.717) is 35.9 Å². The molecule has 0 saturated carbocycles. The molecule has 0 unspecified atom stereocenters. The molecule has 0 amide bonds. The molecule has 0 bridgehead atoms. The molecular weight excluding hydrogens is 430 g/mol. The number of rotatable bonds is 7. The number of carbonyl (C=O) groups excluding carboxylic acids is 1. The molecule has 2 aromatic rings. The molecule has 0 spiro atoms. The summed E-state index contributed by atoms with van der Waals surface area (Å²) < 4.78 is 38.7. The molecule has 1 aliphatic rings. The van der Waals surface area contributed by atoms with Crippen LogP contribution in [0.5, 0.6) is 0 Å². The van der Waals surface area contributed by atoms with E-state index < -0.39 is 10.0 Å². The first-order valence-corrected chi connectivity index (χ1v) is 12.5. The summed E-state index contributed by atoms with van der Waals surface area (Å²) in [6.07, 6.45) is 1.54. The van der Waals surface area contributed by atoms with Gasteiger partial charge in [-0.2, -0.15) is 9.29 Å². The van der Waals surface area contributed by atoms with Gasteiger partial charge in [-0.15, -0.1) is 0 Å². The van der Waals surface area contributed by atoms with Crippen LogP contribution in [-0.4, -0.2) is 41.9 Å². The van der Waals surface area contributed by atoms with Crippen LogP contribution in [-0.2, 0) is 32.6 Å². The van der Waals surface area contributed by atoms with Gasteiger partial charge in [-0.05, 0) is 68.7 Å². The van der Waals surface area contributed by atoms with Crippen LogP contribution in [0.25, 0.3) is 0 Å². The fraction of sp³-hybridized carbons (Fsp3) is 0.609. The molecule has 3 rings (SSSR count). The first-order valence-electron chi connectivity index (χ1n) is 11.1. The topological polar surface area (TPSA) is 103 Å². The third-order valence-electron chi connectivity index (χ3n) is 6.12. The van der Waals surface area contributed by atoms with Crippen molar-refractivity contribution in [2.24, 2.45) is 11.8 Å². The lowest BCUT2D eigenvalue weighted by Gasteiger charge is -2.31. The SMILES string of the molecule is Cc1cc(C)c(C)c(S(=O)(=O)N2CCC(C(=O)OCc3nc(CC(C)C)no3)CC2)c1C. The fourth-order valence-corrected chi connectivity index (χ4v) is 6.12. The van der Waals surface area contributed by atoms with Crippen molar-refractivity contribution in [3.8, 4) is 0 Å². The van der Waals surface area contributed by atoms with E-state index in [1.165, 1.54) is 4.31 Å². The first kappa shape index (κ1) is 24.4. The van der Waals surface area contributed by atoms with E-state index in [1.807, 2.05) is 33.8 Å². The summed E-state index contributed by atoms with van der Waals surface area (Å²) in [6, 6.07) is 2.01. The molecule has 9 heteroatoms. The number of sulfonamides is 1. The third kappa shape index (κ3) is 5.20. The molecule has 176 valence electrons. The molecular formula is C23H33N3O5S. The van der Waals surface area contributed by atoms with Crippen molar-refractivity contribution in [3.63, 3.8) is 0 Å². The van der Waals surface area contributed by atoms with Gasteiger partial charge in [0.15, 0.2) is 12.4 Å². The van der Waals surface area contributed by atoms with Gasteiger partial charge in [0.2, 0.25) is 10.0 Å². The van der Waals surface area contributed by atoms with Crippen molar-refractivity contribution in [3.05, 3.63) is 40.0 Å². The highest BCUT2D eigenvalue weighted by atomic mass is 32.2. The average molecular weight is 464 g/mol. The van der Waals surface area contributed by atoms with E-state index in [0.717, 1.165) is 22.3 Å². The second-order valence-corrected chi connectivity index (χ2v) is 11.0. The lowest BCUT2D eigenvalue weighted by Crippen LogP contribution is -2.41. The first-order chi connectivity index (χ1) is 15.0. The van der Waals surface area contributed by atoms with Gasteiger partial charge in [0.25, 0.3) is 5.89 Å². The largest absolute Gasteiger partial charge is 0.455 e. The van der Waals surface area contributed by atoms with Crippen molar-refractivity contribution < 1.29 is 22.5 Å². The molecule has 2 heterocycles. The number of benzene rings is 1. The summed E-state index contributed by atoms with van der Waals surface area (Å²) in [6.45, 7) is 12.2. The van der Waals surface area contributed by atoms with Gasteiger partial charge < -0.3 is 9.26 Å². The van der Waals surface area contributed by atoms with Crippen molar-refractivity contribution in [1.82, 2.24) is 14.4 Å². The van der Waals surface area contributed by atoms with E-state index >= 15 is 0 Å². The Bertz CT molecular complexity index is 1060. The molecule has 1 aromatic carbocycles. The molecule has 0 atom stereocenters. The van der Waals surface area contributed by atoms with Crippen molar-refractivity contribution in [2.45, 2.75) is 72.3 Å². The summed E-state index contributed by atoms with van der Waals surface area (Å²) in [5.41, 5.74) is 3.49. The van der Waals surface area contributed by atoms with Crippen LogP contribution >= 0.6 is 0 Å². The maximum atomic E-state index is 13.4. The quantitative estimate of drug-likeness (QED) is 0.578. The van der Waals surface area contributed by atoms with Crippen molar-refractivity contribution >= 4 is 16.0 Å². The van der Waals surface area contributed by atoms with Crippen LogP contribution in [0.3, 0.4) is 0 Å². The lowest BCUT2D eigenvalue weighted by atomic mass is 9.98. The average Bonchev–Trinajstić information content (AvgIpc) is 3.17. The summed E-state index contributed by atoms with van der Waals surface area (Å²) in [5.74, 6) is 0.572. The van der Waals surface area contributed by atoms with Gasteiger partial charge >= 0.3 is 5.97 Å². The molecule has 1 aliphatic heterocycles. The van der Waals surface area contributed by atoms with Crippen LogP contribution in [0.15, 0.2) is 15.5 Å². The van der Waals surface area contributed by atoms with Crippen LogP contribution in [0, 0.1) is 39.5 Å². The van der Waals surface area contributed by atoms with E-state index in [1.54, 1.807) is 0 Å². The standard InChI is InChI=1S/C23H33N3O5S/c1-14(2)11-20-24-21(31-25-20)13-30-23(27)19-7-9-26(10-8-19)32(28,29)22-17(5)15(3)12-16(4)18(22)6/h12,14,19H,7-11,13H2,1-6H3. The van der Waals surface area contributed by atoms with Crippen LogP contribution in [0.4, 0.5) is 0 Å². The zero-order chi connectivity index (χ0) is 23.6. The number of aromatic nitrogens is 2. The van der Waals surface area contributed by atoms with Gasteiger partial charge in [-0.25, -0.2) is 8.42 Å². The Morgan fingerprint density at radius 2 is 1.75 bits per heavy atom. The van der Waals surface area contributed by atoms with E-state index in [9.17, 15) is 13.2 Å². The van der Waals surface area contributed by atoms with Crippen molar-refractivity contribution in [1.29, 1.82) is 0 Å². The number of nitrogens with zero attached hydrogens (tertiary/aromatic N) is 3. The number of ether oxygens (including phenoxy) is 1. The number of piperidine rings is 1.